The summed E-state index contributed by atoms with van der Waals surface area (Å²) in [5, 5.41) is 28.5. The maximum Gasteiger partial charge on any atom is 0.190 e. The minimum absolute atomic E-state index is 0.00468. The monoisotopic (exact) mass is 914 g/mol. The van der Waals surface area contributed by atoms with Crippen LogP contribution < -0.4 is 0 Å². The normalized spacial score (nSPS) is 20.5. The van der Waals surface area contributed by atoms with Crippen LogP contribution in [0.5, 0.6) is 0 Å². The summed E-state index contributed by atoms with van der Waals surface area (Å²) in [6.45, 7) is 3.41. The van der Waals surface area contributed by atoms with Crippen molar-refractivity contribution < 1.29 is 39.1 Å². The SMILES string of the molecule is O=C1COCc2c(Br)cncc21.OC1COCc2c(Br)cncc21.OC1COCc2c(Br)cncc21.OC1COCc2c(Br)cncc21. The standard InChI is InChI=1S/3C8H8BrNO2.C8H6BrNO2/c4*9-7-2-10-1-5-6(7)3-12-4-8(5)11/h3*1-2,8,11H,3-4H2;1-2H,3-4H2. The molecule has 0 saturated heterocycles. The summed E-state index contributed by atoms with van der Waals surface area (Å²) in [7, 11) is 0. The summed E-state index contributed by atoms with van der Waals surface area (Å²) in [5.41, 5.74) is 7.20. The van der Waals surface area contributed by atoms with Gasteiger partial charge in [0.15, 0.2) is 5.78 Å². The van der Waals surface area contributed by atoms with Gasteiger partial charge in [0, 0.05) is 112 Å². The number of aliphatic hydroxyl groups excluding tert-OH is 3. The van der Waals surface area contributed by atoms with Crippen LogP contribution in [-0.4, -0.2) is 67.5 Å². The maximum atomic E-state index is 11.3. The third-order valence-corrected chi connectivity index (χ3v) is 10.3. The molecule has 0 amide bonds. The molecule has 0 bridgehead atoms. The molecule has 0 aromatic carbocycles. The van der Waals surface area contributed by atoms with Crippen LogP contribution in [0.4, 0.5) is 0 Å². The van der Waals surface area contributed by atoms with Gasteiger partial charge < -0.3 is 34.3 Å². The number of aromatic nitrogens is 4. The van der Waals surface area contributed by atoms with Crippen molar-refractivity contribution in [2.75, 3.05) is 26.4 Å². The quantitative estimate of drug-likeness (QED) is 0.195. The number of ether oxygens (including phenoxy) is 4. The van der Waals surface area contributed by atoms with Gasteiger partial charge in [-0.05, 0) is 63.7 Å². The lowest BCUT2D eigenvalue weighted by Gasteiger charge is -2.21. The summed E-state index contributed by atoms with van der Waals surface area (Å²) in [4.78, 5) is 27.1. The van der Waals surface area contributed by atoms with Gasteiger partial charge in [-0.1, -0.05) is 0 Å². The van der Waals surface area contributed by atoms with E-state index in [1.807, 2.05) is 0 Å². The Bertz CT molecular complexity index is 1600. The summed E-state index contributed by atoms with van der Waals surface area (Å²) in [6, 6.07) is 0. The van der Waals surface area contributed by atoms with Crippen molar-refractivity contribution in [1.29, 1.82) is 0 Å². The molecular weight excluding hydrogens is 888 g/mol. The molecule has 3 atom stereocenters. The Morgan fingerprint density at radius 2 is 0.812 bits per heavy atom. The first-order valence-electron chi connectivity index (χ1n) is 14.5. The number of aliphatic hydroxyl groups is 3. The second kappa shape index (κ2) is 17.7. The van der Waals surface area contributed by atoms with Crippen molar-refractivity contribution in [2.24, 2.45) is 0 Å². The predicted octanol–water partition coefficient (Wildman–Crippen LogP) is 5.78. The summed E-state index contributed by atoms with van der Waals surface area (Å²) >= 11 is 13.4. The summed E-state index contributed by atoms with van der Waals surface area (Å²) in [6.07, 6.45) is 11.9. The Balaban J connectivity index is 0.000000125. The molecule has 16 heteroatoms. The van der Waals surface area contributed by atoms with Crippen molar-refractivity contribution in [1.82, 2.24) is 19.9 Å². The van der Waals surface area contributed by atoms with Gasteiger partial charge in [-0.3, -0.25) is 24.7 Å². The van der Waals surface area contributed by atoms with Crippen LogP contribution in [-0.2, 0) is 45.4 Å². The van der Waals surface area contributed by atoms with Crippen molar-refractivity contribution >= 4 is 69.5 Å². The van der Waals surface area contributed by atoms with Crippen molar-refractivity contribution in [2.45, 2.75) is 44.7 Å². The van der Waals surface area contributed by atoms with E-state index in [1.54, 1.807) is 49.6 Å². The average molecular weight is 918 g/mol. The number of halogens is 4. The van der Waals surface area contributed by atoms with E-state index in [2.05, 4.69) is 83.7 Å². The minimum Gasteiger partial charge on any atom is -0.386 e. The average Bonchev–Trinajstić information content (AvgIpc) is 3.08. The molecule has 8 rings (SSSR count). The minimum atomic E-state index is -0.529. The first-order valence-corrected chi connectivity index (χ1v) is 17.7. The molecule has 3 N–H and O–H groups in total. The molecule has 3 unspecified atom stereocenters. The Morgan fingerprint density at radius 3 is 1.17 bits per heavy atom. The van der Waals surface area contributed by atoms with E-state index in [1.165, 1.54) is 0 Å². The number of carbonyl (C=O) groups excluding carboxylic acids is 1. The molecule has 0 spiro atoms. The van der Waals surface area contributed by atoms with E-state index in [9.17, 15) is 20.1 Å². The molecule has 4 aromatic heterocycles. The van der Waals surface area contributed by atoms with E-state index in [-0.39, 0.29) is 12.4 Å². The molecule has 4 aromatic rings. The zero-order chi connectivity index (χ0) is 34.2. The fraction of sp³-hybridized carbons (Fsp3) is 0.344. The van der Waals surface area contributed by atoms with Gasteiger partial charge in [0.2, 0.25) is 0 Å². The van der Waals surface area contributed by atoms with Gasteiger partial charge in [-0.15, -0.1) is 0 Å². The zero-order valence-corrected chi connectivity index (χ0v) is 31.5. The van der Waals surface area contributed by atoms with Crippen LogP contribution in [0.1, 0.15) is 67.6 Å². The van der Waals surface area contributed by atoms with E-state index in [0.717, 1.165) is 56.8 Å². The van der Waals surface area contributed by atoms with Crippen molar-refractivity contribution in [3.8, 4) is 0 Å². The Labute approximate surface area is 309 Å². The molecule has 12 nitrogen and oxygen atoms in total. The van der Waals surface area contributed by atoms with Crippen molar-refractivity contribution in [3.63, 3.8) is 0 Å². The molecule has 4 aliphatic heterocycles. The van der Waals surface area contributed by atoms with Crippen LogP contribution in [0, 0.1) is 0 Å². The zero-order valence-electron chi connectivity index (χ0n) is 25.2. The topological polar surface area (TPSA) is 166 Å². The lowest BCUT2D eigenvalue weighted by atomic mass is 10.0. The number of pyridine rings is 4. The highest BCUT2D eigenvalue weighted by molar-refractivity contribution is 9.11. The van der Waals surface area contributed by atoms with Crippen molar-refractivity contribution in [3.05, 3.63) is 112 Å². The lowest BCUT2D eigenvalue weighted by Crippen LogP contribution is -2.18. The Morgan fingerprint density at radius 1 is 0.479 bits per heavy atom. The molecular formula is C32H30Br4N4O8. The number of carbonyl (C=O) groups is 1. The van der Waals surface area contributed by atoms with Crippen LogP contribution in [0.3, 0.4) is 0 Å². The molecule has 0 radical (unpaired) electrons. The fourth-order valence-electron chi connectivity index (χ4n) is 5.01. The highest BCUT2D eigenvalue weighted by Gasteiger charge is 2.23. The first kappa shape index (κ1) is 37.2. The number of rotatable bonds is 0. The lowest BCUT2D eigenvalue weighted by molar-refractivity contribution is 0.00913. The fourth-order valence-corrected chi connectivity index (χ4v) is 6.84. The van der Waals surface area contributed by atoms with E-state index >= 15 is 0 Å². The van der Waals surface area contributed by atoms with Crippen LogP contribution >= 0.6 is 63.7 Å². The number of fused-ring (bicyclic) bond motifs is 4. The molecule has 0 aliphatic carbocycles. The first-order chi connectivity index (χ1) is 23.2. The highest BCUT2D eigenvalue weighted by atomic mass is 79.9. The third-order valence-electron chi connectivity index (χ3n) is 7.54. The molecule has 48 heavy (non-hydrogen) atoms. The third kappa shape index (κ3) is 9.17. The van der Waals surface area contributed by atoms with Crippen LogP contribution in [0.15, 0.2) is 67.5 Å². The molecule has 0 fully saturated rings. The smallest absolute Gasteiger partial charge is 0.190 e. The predicted molar refractivity (Wildman–Crippen MR) is 186 cm³/mol. The number of Topliss-reactive ketones (excluding diaryl/α,β-unsaturated/α-hetero) is 1. The number of ketones is 1. The second-order valence-electron chi connectivity index (χ2n) is 10.7. The number of nitrogens with zero attached hydrogens (tertiary/aromatic N) is 4. The van der Waals surface area contributed by atoms with E-state index in [0.29, 0.717) is 51.8 Å². The Hall–Kier alpha value is -2.09. The number of hydrogen-bond acceptors (Lipinski definition) is 12. The molecule has 254 valence electrons. The summed E-state index contributed by atoms with van der Waals surface area (Å²) < 4.78 is 24.2. The van der Waals surface area contributed by atoms with E-state index < -0.39 is 18.3 Å². The van der Waals surface area contributed by atoms with Gasteiger partial charge >= 0.3 is 0 Å². The van der Waals surface area contributed by atoms with Gasteiger partial charge in [0.1, 0.15) is 24.9 Å². The second-order valence-corrected chi connectivity index (χ2v) is 14.1. The van der Waals surface area contributed by atoms with Crippen LogP contribution in [0.2, 0.25) is 0 Å². The van der Waals surface area contributed by atoms with E-state index in [4.69, 9.17) is 18.9 Å². The summed E-state index contributed by atoms with van der Waals surface area (Å²) in [5.74, 6) is 0.00468. The molecule has 0 saturated carbocycles. The molecule has 4 aliphatic rings. The highest BCUT2D eigenvalue weighted by Crippen LogP contribution is 2.31. The van der Waals surface area contributed by atoms with Gasteiger partial charge in [0.25, 0.3) is 0 Å². The Kier molecular flexibility index (Phi) is 13.7. The van der Waals surface area contributed by atoms with Gasteiger partial charge in [-0.2, -0.15) is 0 Å². The maximum absolute atomic E-state index is 11.3. The van der Waals surface area contributed by atoms with Gasteiger partial charge in [-0.25, -0.2) is 0 Å². The largest absolute Gasteiger partial charge is 0.386 e. The van der Waals surface area contributed by atoms with Crippen LogP contribution in [0.25, 0.3) is 0 Å². The van der Waals surface area contributed by atoms with Gasteiger partial charge in [0.05, 0.1) is 46.2 Å². The molecule has 8 heterocycles. The number of hydrogen-bond donors (Lipinski definition) is 3.